The third kappa shape index (κ3) is 2.33. The number of halogens is 2. The van der Waals surface area contributed by atoms with Crippen LogP contribution >= 0.6 is 0 Å². The largest absolute Gasteiger partial charge is 0.241 e. The molecule has 2 aliphatic rings. The lowest BCUT2D eigenvalue weighted by atomic mass is 9.66. The molecule has 31 heavy (non-hydrogen) atoms. The number of rotatable bonds is 2. The summed E-state index contributed by atoms with van der Waals surface area (Å²) < 4.78 is 28.7. The Hall–Kier alpha value is -3.78. The maximum Gasteiger partial charge on any atom is 0.177 e. The van der Waals surface area contributed by atoms with E-state index in [-0.39, 0.29) is 34.0 Å². The molecule has 2 heterocycles. The zero-order chi connectivity index (χ0) is 22.0. The summed E-state index contributed by atoms with van der Waals surface area (Å²) in [5.74, 6) is -1.31. The van der Waals surface area contributed by atoms with E-state index in [4.69, 9.17) is 0 Å². The van der Waals surface area contributed by atoms with Crippen LogP contribution in [0.2, 0.25) is 0 Å². The molecule has 2 aromatic heterocycles. The summed E-state index contributed by atoms with van der Waals surface area (Å²) in [6, 6.07) is 9.25. The first-order valence-corrected chi connectivity index (χ1v) is 9.85. The van der Waals surface area contributed by atoms with Crippen LogP contribution in [0.25, 0.3) is 11.3 Å². The van der Waals surface area contributed by atoms with E-state index in [1.54, 1.807) is 6.07 Å². The molecule has 1 saturated carbocycles. The number of hydrogen-bond donors (Lipinski definition) is 0. The summed E-state index contributed by atoms with van der Waals surface area (Å²) >= 11 is 0. The zero-order valence-electron chi connectivity index (χ0n) is 16.8. The summed E-state index contributed by atoms with van der Waals surface area (Å²) in [7, 11) is 0. The summed E-state index contributed by atoms with van der Waals surface area (Å²) in [4.78, 5) is 8.64. The van der Waals surface area contributed by atoms with E-state index in [9.17, 15) is 19.3 Å². The van der Waals surface area contributed by atoms with Crippen molar-refractivity contribution in [3.05, 3.63) is 70.4 Å². The van der Waals surface area contributed by atoms with Gasteiger partial charge in [0.25, 0.3) is 0 Å². The molecule has 0 saturated heterocycles. The Bertz CT molecular complexity index is 1320. The quantitative estimate of drug-likeness (QED) is 0.624. The van der Waals surface area contributed by atoms with Crippen LogP contribution in [-0.4, -0.2) is 20.2 Å². The summed E-state index contributed by atoms with van der Waals surface area (Å²) in [6.45, 7) is 4.20. The summed E-state index contributed by atoms with van der Waals surface area (Å²) in [5, 5.41) is 27.2. The molecule has 0 spiro atoms. The average Bonchev–Trinajstić information content (AvgIpc) is 3.14. The van der Waals surface area contributed by atoms with Crippen molar-refractivity contribution in [2.75, 3.05) is 0 Å². The Kier molecular flexibility index (Phi) is 3.94. The number of nitrogens with zero attached hydrogens (tertiary/aromatic N) is 6. The lowest BCUT2D eigenvalue weighted by molar-refractivity contribution is 0.242. The highest BCUT2D eigenvalue weighted by Crippen LogP contribution is 2.69. The summed E-state index contributed by atoms with van der Waals surface area (Å²) in [5.41, 5.74) is 1.04. The van der Waals surface area contributed by atoms with Crippen LogP contribution in [0, 0.1) is 39.7 Å². The molecule has 0 unspecified atom stereocenters. The Balaban J connectivity index is 1.73. The van der Waals surface area contributed by atoms with Gasteiger partial charge in [-0.3, -0.25) is 0 Å². The molecular formula is C23H16F2N6. The normalized spacial score (nSPS) is 22.6. The maximum atomic E-state index is 14.3. The second-order valence-electron chi connectivity index (χ2n) is 8.52. The zero-order valence-corrected chi connectivity index (χ0v) is 16.8. The first-order valence-electron chi connectivity index (χ1n) is 9.85. The van der Waals surface area contributed by atoms with Gasteiger partial charge in [-0.15, -0.1) is 5.10 Å². The second kappa shape index (κ2) is 6.36. The third-order valence-electron chi connectivity index (χ3n) is 7.02. The van der Waals surface area contributed by atoms with Crippen LogP contribution in [0.4, 0.5) is 8.78 Å². The van der Waals surface area contributed by atoms with Gasteiger partial charge in [0.1, 0.15) is 23.8 Å². The second-order valence-corrected chi connectivity index (χ2v) is 8.52. The molecule has 6 nitrogen and oxygen atoms in total. The van der Waals surface area contributed by atoms with Gasteiger partial charge in [0, 0.05) is 0 Å². The minimum absolute atomic E-state index is 0.0234. The molecule has 5 rings (SSSR count). The van der Waals surface area contributed by atoms with E-state index < -0.39 is 17.0 Å². The highest BCUT2D eigenvalue weighted by Gasteiger charge is 2.65. The van der Waals surface area contributed by atoms with E-state index in [0.717, 1.165) is 18.4 Å². The predicted molar refractivity (Wildman–Crippen MR) is 105 cm³/mol. The van der Waals surface area contributed by atoms with Gasteiger partial charge < -0.3 is 0 Å². The third-order valence-corrected chi connectivity index (χ3v) is 7.02. The molecule has 152 valence electrons. The van der Waals surface area contributed by atoms with Crippen LogP contribution in [0.1, 0.15) is 60.9 Å². The molecule has 0 aliphatic heterocycles. The van der Waals surface area contributed by atoms with Gasteiger partial charge >= 0.3 is 0 Å². The fourth-order valence-corrected chi connectivity index (χ4v) is 5.51. The van der Waals surface area contributed by atoms with Crippen molar-refractivity contribution in [2.45, 2.75) is 38.0 Å². The molecule has 3 aromatic rings. The van der Waals surface area contributed by atoms with Gasteiger partial charge in [0.15, 0.2) is 11.4 Å². The summed E-state index contributed by atoms with van der Waals surface area (Å²) in [6.07, 6.45) is 3.09. The van der Waals surface area contributed by atoms with Crippen LogP contribution in [0.15, 0.2) is 30.5 Å². The molecule has 0 amide bonds. The van der Waals surface area contributed by atoms with Crippen molar-refractivity contribution < 1.29 is 8.78 Å². The van der Waals surface area contributed by atoms with Crippen molar-refractivity contribution in [2.24, 2.45) is 5.41 Å². The van der Waals surface area contributed by atoms with Gasteiger partial charge in [0.2, 0.25) is 0 Å². The number of hydrogen-bond acceptors (Lipinski definition) is 6. The number of aromatic nitrogens is 4. The Morgan fingerprint density at radius 2 is 1.77 bits per heavy atom. The molecule has 0 N–H and O–H groups in total. The fourth-order valence-electron chi connectivity index (χ4n) is 5.51. The van der Waals surface area contributed by atoms with Crippen molar-refractivity contribution in [1.82, 2.24) is 20.2 Å². The van der Waals surface area contributed by atoms with E-state index in [1.165, 1.54) is 24.4 Å². The molecule has 2 bridgehead atoms. The van der Waals surface area contributed by atoms with Gasteiger partial charge in [-0.05, 0) is 47.9 Å². The minimum Gasteiger partial charge on any atom is -0.241 e. The lowest BCUT2D eigenvalue weighted by Crippen LogP contribution is -2.38. The molecular weight excluding hydrogens is 398 g/mol. The SMILES string of the molecule is CC1(C)[C@H]2CC[C@]1(c1cnc(C#N)c(C#N)n1)c1nnc(-c3c(F)cccc3F)cc12. The molecule has 1 aromatic carbocycles. The highest BCUT2D eigenvalue weighted by molar-refractivity contribution is 5.64. The topological polar surface area (TPSA) is 99.1 Å². The van der Waals surface area contributed by atoms with Crippen molar-refractivity contribution in [3.63, 3.8) is 0 Å². The number of fused-ring (bicyclic) bond motifs is 5. The number of benzene rings is 1. The van der Waals surface area contributed by atoms with Crippen LogP contribution in [0.5, 0.6) is 0 Å². The number of nitriles is 2. The Labute approximate surface area is 177 Å². The fraction of sp³-hybridized carbons (Fsp3) is 0.304. The van der Waals surface area contributed by atoms with Gasteiger partial charge in [-0.1, -0.05) is 19.9 Å². The predicted octanol–water partition coefficient (Wildman–Crippen LogP) is 4.16. The van der Waals surface area contributed by atoms with E-state index >= 15 is 0 Å². The standard InChI is InChI=1S/C23H16F2N6/c1-22(2)13-6-7-23(22,19-11-28-17(9-26)18(10-27)29-19)21-12(13)8-16(30-31-21)20-14(24)4-3-5-15(20)25/h3-5,8,11,13H,6-7H2,1-2H3/t13-,23-/m0/s1. The Morgan fingerprint density at radius 3 is 2.45 bits per heavy atom. The van der Waals surface area contributed by atoms with Gasteiger partial charge in [0.05, 0.1) is 34.3 Å². The molecule has 2 atom stereocenters. The average molecular weight is 414 g/mol. The molecule has 1 fully saturated rings. The van der Waals surface area contributed by atoms with Crippen molar-refractivity contribution in [1.29, 1.82) is 10.5 Å². The van der Waals surface area contributed by atoms with E-state index in [0.29, 0.717) is 11.4 Å². The van der Waals surface area contributed by atoms with Crippen LogP contribution in [-0.2, 0) is 5.41 Å². The Morgan fingerprint density at radius 1 is 1.06 bits per heavy atom. The van der Waals surface area contributed by atoms with E-state index in [2.05, 4.69) is 34.0 Å². The first kappa shape index (κ1) is 19.2. The van der Waals surface area contributed by atoms with Gasteiger partial charge in [-0.2, -0.15) is 15.6 Å². The first-order chi connectivity index (χ1) is 14.8. The van der Waals surface area contributed by atoms with Gasteiger partial charge in [-0.25, -0.2) is 18.7 Å². The maximum absolute atomic E-state index is 14.3. The molecule has 2 aliphatic carbocycles. The smallest absolute Gasteiger partial charge is 0.177 e. The van der Waals surface area contributed by atoms with Crippen molar-refractivity contribution in [3.8, 4) is 23.4 Å². The van der Waals surface area contributed by atoms with Crippen molar-refractivity contribution >= 4 is 0 Å². The monoisotopic (exact) mass is 414 g/mol. The van der Waals surface area contributed by atoms with Crippen LogP contribution < -0.4 is 0 Å². The molecule has 8 heteroatoms. The highest BCUT2D eigenvalue weighted by atomic mass is 19.1. The molecule has 0 radical (unpaired) electrons. The van der Waals surface area contributed by atoms with Crippen LogP contribution in [0.3, 0.4) is 0 Å². The van der Waals surface area contributed by atoms with E-state index in [1.807, 2.05) is 12.1 Å². The minimum atomic E-state index is -0.692. The lowest BCUT2D eigenvalue weighted by Gasteiger charge is -2.37.